The Labute approximate surface area is 185 Å². The molecule has 3 unspecified atom stereocenters. The minimum absolute atomic E-state index is 0.0400. The lowest BCUT2D eigenvalue weighted by molar-refractivity contribution is -0.161. The summed E-state index contributed by atoms with van der Waals surface area (Å²) in [6.07, 6.45) is 0.443. The van der Waals surface area contributed by atoms with Crippen LogP contribution in [-0.4, -0.2) is 64.8 Å². The molecule has 0 radical (unpaired) electrons. The Morgan fingerprint density at radius 1 is 1.39 bits per heavy atom. The molecule has 31 heavy (non-hydrogen) atoms. The molecule has 3 saturated heterocycles. The van der Waals surface area contributed by atoms with Gasteiger partial charge in [-0.3, -0.25) is 14.4 Å². The Bertz CT molecular complexity index is 925. The Kier molecular flexibility index (Phi) is 5.52. The lowest BCUT2D eigenvalue weighted by Gasteiger charge is -2.35. The molecule has 2 amide bonds. The van der Waals surface area contributed by atoms with Crippen LogP contribution in [0.3, 0.4) is 0 Å². The van der Waals surface area contributed by atoms with Gasteiger partial charge in [0, 0.05) is 6.54 Å². The quantitative estimate of drug-likeness (QED) is 0.641. The maximum absolute atomic E-state index is 13.5. The number of β-amino-alcohol motifs (C(OH)–C–C–N with tert-alkyl or cyclic N) is 1. The zero-order valence-corrected chi connectivity index (χ0v) is 18.5. The molecule has 3 aliphatic heterocycles. The van der Waals surface area contributed by atoms with Gasteiger partial charge in [-0.1, -0.05) is 30.7 Å². The lowest BCUT2D eigenvalue weighted by atomic mass is 9.62. The molecule has 8 nitrogen and oxygen atoms in total. The fourth-order valence-corrected chi connectivity index (χ4v) is 5.92. The van der Waals surface area contributed by atoms with Crippen molar-refractivity contribution in [3.05, 3.63) is 29.3 Å². The first-order valence-electron chi connectivity index (χ1n) is 10.5. The van der Waals surface area contributed by atoms with Gasteiger partial charge in [0.15, 0.2) is 0 Å². The number of aliphatic hydroxyl groups is 1. The van der Waals surface area contributed by atoms with Gasteiger partial charge < -0.3 is 24.8 Å². The first kappa shape index (κ1) is 22.0. The van der Waals surface area contributed by atoms with Gasteiger partial charge in [-0.05, 0) is 38.3 Å². The molecule has 4 rings (SSSR count). The zero-order valence-electron chi connectivity index (χ0n) is 17.8. The van der Waals surface area contributed by atoms with Gasteiger partial charge >= 0.3 is 5.97 Å². The number of hydrogen-bond donors (Lipinski definition) is 2. The highest BCUT2D eigenvalue weighted by molar-refractivity contribution is 6.33. The molecule has 3 fully saturated rings. The number of carbonyl (C=O) groups excluding carboxylic acids is 3. The van der Waals surface area contributed by atoms with Crippen LogP contribution in [0.15, 0.2) is 24.3 Å². The number of carbonyl (C=O) groups is 3. The molecule has 1 aromatic rings. The average molecular weight is 451 g/mol. The summed E-state index contributed by atoms with van der Waals surface area (Å²) in [5.41, 5.74) is -1.68. The van der Waals surface area contributed by atoms with Crippen molar-refractivity contribution in [2.75, 3.05) is 25.1 Å². The molecule has 1 spiro atoms. The zero-order chi connectivity index (χ0) is 22.6. The third kappa shape index (κ3) is 3.07. The summed E-state index contributed by atoms with van der Waals surface area (Å²) in [6.45, 7) is 5.31. The van der Waals surface area contributed by atoms with Crippen molar-refractivity contribution in [3.63, 3.8) is 0 Å². The normalized spacial score (nSPS) is 35.9. The van der Waals surface area contributed by atoms with Gasteiger partial charge in [0.05, 0.1) is 35.4 Å². The molecular weight excluding hydrogens is 424 g/mol. The number of halogens is 1. The van der Waals surface area contributed by atoms with Crippen LogP contribution in [0.2, 0.25) is 5.02 Å². The topological polar surface area (TPSA) is 105 Å². The summed E-state index contributed by atoms with van der Waals surface area (Å²) in [6, 6.07) is 5.81. The predicted molar refractivity (Wildman–Crippen MR) is 112 cm³/mol. The van der Waals surface area contributed by atoms with E-state index in [2.05, 4.69) is 5.32 Å². The van der Waals surface area contributed by atoms with Gasteiger partial charge in [0.25, 0.3) is 0 Å². The van der Waals surface area contributed by atoms with Crippen molar-refractivity contribution in [2.45, 2.75) is 44.4 Å². The van der Waals surface area contributed by atoms with E-state index in [0.717, 1.165) is 0 Å². The smallest absolute Gasteiger partial charge is 0.312 e. The molecule has 9 heteroatoms. The number of ether oxygens (including phenoxy) is 2. The summed E-state index contributed by atoms with van der Waals surface area (Å²) in [4.78, 5) is 41.2. The van der Waals surface area contributed by atoms with Gasteiger partial charge in [-0.25, -0.2) is 0 Å². The molecule has 2 N–H and O–H groups in total. The van der Waals surface area contributed by atoms with Crippen LogP contribution in [0.5, 0.6) is 0 Å². The van der Waals surface area contributed by atoms with Crippen molar-refractivity contribution in [1.82, 2.24) is 4.90 Å². The standard InChI is InChI=1S/C22H27ClN2O6/c1-4-30-20(29)16-15-19(28)25(9-10-26)17(22(15)11-12(2)21(16,3)31-22)18(27)24-14-8-6-5-7-13(14)23/h5-8,12,15-17,26H,4,9-11H2,1-3H3,(H,24,27)/t12?,15-,16-,17?,21+,22?/m0/s1. The van der Waals surface area contributed by atoms with E-state index in [1.165, 1.54) is 4.90 Å². The number of amides is 2. The number of esters is 1. The Balaban J connectivity index is 1.76. The molecular formula is C22H27ClN2O6. The summed E-state index contributed by atoms with van der Waals surface area (Å²) in [5.74, 6) is -3.06. The molecule has 3 aliphatic rings. The number of nitrogens with zero attached hydrogens (tertiary/aromatic N) is 1. The van der Waals surface area contributed by atoms with Crippen LogP contribution in [0, 0.1) is 17.8 Å². The molecule has 6 atom stereocenters. The van der Waals surface area contributed by atoms with E-state index in [-0.39, 0.29) is 31.6 Å². The first-order valence-corrected chi connectivity index (χ1v) is 10.9. The van der Waals surface area contributed by atoms with E-state index in [1.807, 2.05) is 13.8 Å². The number of likely N-dealkylation sites (tertiary alicyclic amines) is 1. The number of benzene rings is 1. The van der Waals surface area contributed by atoms with E-state index < -0.39 is 41.0 Å². The van der Waals surface area contributed by atoms with Gasteiger partial charge in [0.1, 0.15) is 17.6 Å². The Morgan fingerprint density at radius 2 is 2.10 bits per heavy atom. The predicted octanol–water partition coefficient (Wildman–Crippen LogP) is 1.84. The van der Waals surface area contributed by atoms with Gasteiger partial charge in [-0.2, -0.15) is 0 Å². The number of hydrogen-bond acceptors (Lipinski definition) is 6. The Hall–Kier alpha value is -2.16. The number of para-hydroxylation sites is 1. The molecule has 0 aliphatic carbocycles. The second kappa shape index (κ2) is 7.76. The fourth-order valence-electron chi connectivity index (χ4n) is 5.74. The third-order valence-corrected chi connectivity index (χ3v) is 7.41. The van der Waals surface area contributed by atoms with Crippen molar-refractivity contribution >= 4 is 35.1 Å². The summed E-state index contributed by atoms with van der Waals surface area (Å²) in [7, 11) is 0. The van der Waals surface area contributed by atoms with Crippen LogP contribution < -0.4 is 5.32 Å². The highest BCUT2D eigenvalue weighted by Gasteiger charge is 2.80. The van der Waals surface area contributed by atoms with Crippen LogP contribution >= 0.6 is 11.6 Å². The van der Waals surface area contributed by atoms with Gasteiger partial charge in [0.2, 0.25) is 11.8 Å². The fraction of sp³-hybridized carbons (Fsp3) is 0.591. The summed E-state index contributed by atoms with van der Waals surface area (Å²) < 4.78 is 11.8. The number of nitrogens with one attached hydrogen (secondary N) is 1. The SMILES string of the molecule is CCOC(=O)[C@@H]1[C@H]2C(=O)N(CCO)C(C(=O)Nc3ccccc3Cl)C23CC(C)[C@@]1(C)O3. The molecule has 3 heterocycles. The van der Waals surface area contributed by atoms with E-state index in [9.17, 15) is 19.5 Å². The minimum Gasteiger partial charge on any atom is -0.466 e. The number of anilines is 1. The van der Waals surface area contributed by atoms with Crippen LogP contribution in [0.4, 0.5) is 5.69 Å². The molecule has 2 bridgehead atoms. The molecule has 1 aromatic carbocycles. The van der Waals surface area contributed by atoms with Crippen molar-refractivity contribution < 1.29 is 29.0 Å². The third-order valence-electron chi connectivity index (χ3n) is 7.08. The van der Waals surface area contributed by atoms with Crippen LogP contribution in [0.25, 0.3) is 0 Å². The lowest BCUT2D eigenvalue weighted by Crippen LogP contribution is -2.54. The molecule has 0 aromatic heterocycles. The number of rotatable bonds is 6. The maximum atomic E-state index is 13.5. The highest BCUT2D eigenvalue weighted by atomic mass is 35.5. The van der Waals surface area contributed by atoms with Crippen molar-refractivity contribution in [1.29, 1.82) is 0 Å². The Morgan fingerprint density at radius 3 is 2.74 bits per heavy atom. The number of fused-ring (bicyclic) bond motifs is 1. The number of aliphatic hydroxyl groups excluding tert-OH is 1. The second-order valence-corrected chi connectivity index (χ2v) is 9.09. The van der Waals surface area contributed by atoms with E-state index in [0.29, 0.717) is 17.1 Å². The summed E-state index contributed by atoms with van der Waals surface area (Å²) >= 11 is 6.21. The maximum Gasteiger partial charge on any atom is 0.312 e. The van der Waals surface area contributed by atoms with Crippen molar-refractivity contribution in [3.8, 4) is 0 Å². The monoisotopic (exact) mass is 450 g/mol. The largest absolute Gasteiger partial charge is 0.466 e. The molecule has 168 valence electrons. The average Bonchev–Trinajstić information content (AvgIpc) is 3.22. The molecule has 0 saturated carbocycles. The van der Waals surface area contributed by atoms with Crippen LogP contribution in [0.1, 0.15) is 27.2 Å². The van der Waals surface area contributed by atoms with Crippen molar-refractivity contribution in [2.24, 2.45) is 17.8 Å². The second-order valence-electron chi connectivity index (χ2n) is 8.68. The van der Waals surface area contributed by atoms with E-state index in [1.54, 1.807) is 31.2 Å². The van der Waals surface area contributed by atoms with Gasteiger partial charge in [-0.15, -0.1) is 0 Å². The van der Waals surface area contributed by atoms with E-state index in [4.69, 9.17) is 21.1 Å². The van der Waals surface area contributed by atoms with E-state index >= 15 is 0 Å². The van der Waals surface area contributed by atoms with Crippen LogP contribution in [-0.2, 0) is 23.9 Å². The summed E-state index contributed by atoms with van der Waals surface area (Å²) in [5, 5.41) is 12.8. The first-order chi connectivity index (χ1) is 14.7. The minimum atomic E-state index is -1.18. The highest BCUT2D eigenvalue weighted by Crippen LogP contribution is 2.65.